The zero-order chi connectivity index (χ0) is 17.8. The molecule has 7 heteroatoms. The Morgan fingerprint density at radius 1 is 1.16 bits per heavy atom. The fraction of sp³-hybridized carbons (Fsp3) is 0.111. The summed E-state index contributed by atoms with van der Waals surface area (Å²) in [4.78, 5) is 27.2. The minimum atomic E-state index is -0.493. The lowest BCUT2D eigenvalue weighted by atomic mass is 10.2. The van der Waals surface area contributed by atoms with E-state index in [-0.39, 0.29) is 11.6 Å². The summed E-state index contributed by atoms with van der Waals surface area (Å²) in [6.45, 7) is 1.77. The van der Waals surface area contributed by atoms with Crippen LogP contribution in [0.1, 0.15) is 6.92 Å². The molecule has 0 radical (unpaired) electrons. The summed E-state index contributed by atoms with van der Waals surface area (Å²) in [5, 5.41) is 14.9. The van der Waals surface area contributed by atoms with Crippen molar-refractivity contribution in [3.63, 3.8) is 0 Å². The average Bonchev–Trinajstić information content (AvgIpc) is 2.61. The summed E-state index contributed by atoms with van der Waals surface area (Å²) >= 11 is 1.34. The van der Waals surface area contributed by atoms with E-state index >= 15 is 0 Å². The van der Waals surface area contributed by atoms with E-state index in [0.717, 1.165) is 15.9 Å². The molecule has 0 spiro atoms. The molecule has 1 aromatic heterocycles. The van der Waals surface area contributed by atoms with E-state index in [2.05, 4.69) is 10.3 Å². The summed E-state index contributed by atoms with van der Waals surface area (Å²) in [6, 6.07) is 17.5. The smallest absolute Gasteiger partial charge is 0.271 e. The largest absolute Gasteiger partial charge is 0.325 e. The van der Waals surface area contributed by atoms with Crippen LogP contribution in [0.25, 0.3) is 10.9 Å². The van der Waals surface area contributed by atoms with Gasteiger partial charge < -0.3 is 5.32 Å². The third kappa shape index (κ3) is 4.13. The normalized spacial score (nSPS) is 11.9. The van der Waals surface area contributed by atoms with Crippen LogP contribution in [0, 0.1) is 10.1 Å². The first-order chi connectivity index (χ1) is 12.0. The number of non-ortho nitro benzene ring substituents is 1. The van der Waals surface area contributed by atoms with Gasteiger partial charge in [0.2, 0.25) is 5.91 Å². The minimum absolute atomic E-state index is 0.0608. The first-order valence-electron chi connectivity index (χ1n) is 7.61. The molecule has 1 amide bonds. The van der Waals surface area contributed by atoms with Crippen LogP contribution in [-0.4, -0.2) is 21.1 Å². The number of rotatable bonds is 5. The van der Waals surface area contributed by atoms with E-state index in [9.17, 15) is 14.9 Å². The molecule has 3 rings (SSSR count). The number of nitrogens with zero attached hydrogens (tertiary/aromatic N) is 2. The lowest BCUT2D eigenvalue weighted by molar-refractivity contribution is -0.384. The Kier molecular flexibility index (Phi) is 4.95. The van der Waals surface area contributed by atoms with E-state index in [4.69, 9.17) is 0 Å². The maximum Gasteiger partial charge on any atom is 0.271 e. The van der Waals surface area contributed by atoms with E-state index < -0.39 is 10.2 Å². The van der Waals surface area contributed by atoms with Crippen LogP contribution in [0.3, 0.4) is 0 Å². The summed E-state index contributed by atoms with van der Waals surface area (Å²) in [5.74, 6) is -0.236. The van der Waals surface area contributed by atoms with Crippen molar-refractivity contribution in [2.45, 2.75) is 17.2 Å². The fourth-order valence-electron chi connectivity index (χ4n) is 2.29. The number of fused-ring (bicyclic) bond motifs is 1. The van der Waals surface area contributed by atoms with E-state index in [1.54, 1.807) is 13.0 Å². The highest BCUT2D eigenvalue weighted by molar-refractivity contribution is 8.00. The van der Waals surface area contributed by atoms with Gasteiger partial charge in [-0.15, -0.1) is 0 Å². The predicted molar refractivity (Wildman–Crippen MR) is 98.8 cm³/mol. The number of amides is 1. The van der Waals surface area contributed by atoms with Crippen LogP contribution in [0.5, 0.6) is 0 Å². The molecular weight excluding hydrogens is 338 g/mol. The van der Waals surface area contributed by atoms with Gasteiger partial charge >= 0.3 is 0 Å². The third-order valence-corrected chi connectivity index (χ3v) is 4.60. The maximum absolute atomic E-state index is 12.3. The first kappa shape index (κ1) is 16.9. The summed E-state index contributed by atoms with van der Waals surface area (Å²) < 4.78 is 0. The molecule has 0 saturated heterocycles. The molecule has 6 nitrogen and oxygen atoms in total. The number of aromatic nitrogens is 1. The summed E-state index contributed by atoms with van der Waals surface area (Å²) in [6.07, 6.45) is 0. The number of thioether (sulfide) groups is 1. The predicted octanol–water partition coefficient (Wildman–Crippen LogP) is 4.26. The number of nitrogens with one attached hydrogen (secondary N) is 1. The molecule has 0 aliphatic rings. The molecule has 0 fully saturated rings. The van der Waals surface area contributed by atoms with Crippen LogP contribution in [-0.2, 0) is 4.79 Å². The molecule has 3 aromatic rings. The van der Waals surface area contributed by atoms with Gasteiger partial charge in [-0.1, -0.05) is 42.1 Å². The second-order valence-corrected chi connectivity index (χ2v) is 6.76. The molecule has 1 heterocycles. The highest BCUT2D eigenvalue weighted by Crippen LogP contribution is 2.25. The van der Waals surface area contributed by atoms with Crippen LogP contribution in [0.15, 0.2) is 65.7 Å². The number of para-hydroxylation sites is 1. The molecule has 0 aliphatic carbocycles. The maximum atomic E-state index is 12.3. The number of anilines is 1. The fourth-order valence-corrected chi connectivity index (χ4v) is 3.11. The van der Waals surface area contributed by atoms with Gasteiger partial charge in [0.15, 0.2) is 0 Å². The van der Waals surface area contributed by atoms with Gasteiger partial charge in [-0.2, -0.15) is 0 Å². The number of carbonyl (C=O) groups is 1. The van der Waals surface area contributed by atoms with Gasteiger partial charge in [0.05, 0.1) is 20.7 Å². The second-order valence-electron chi connectivity index (χ2n) is 5.40. The zero-order valence-electron chi connectivity index (χ0n) is 13.4. The Morgan fingerprint density at radius 3 is 2.76 bits per heavy atom. The Balaban J connectivity index is 1.69. The monoisotopic (exact) mass is 353 g/mol. The molecule has 2 aromatic carbocycles. The number of nitro groups is 1. The molecular formula is C18H15N3O3S. The van der Waals surface area contributed by atoms with Crippen molar-refractivity contribution in [3.8, 4) is 0 Å². The Labute approximate surface area is 148 Å². The molecule has 1 N–H and O–H groups in total. The van der Waals surface area contributed by atoms with Gasteiger partial charge in [-0.3, -0.25) is 14.9 Å². The lowest BCUT2D eigenvalue weighted by Gasteiger charge is -2.12. The number of pyridine rings is 1. The van der Waals surface area contributed by atoms with E-state index in [1.165, 1.54) is 30.0 Å². The van der Waals surface area contributed by atoms with E-state index in [1.807, 2.05) is 36.4 Å². The Bertz CT molecular complexity index is 946. The van der Waals surface area contributed by atoms with Crippen molar-refractivity contribution in [2.75, 3.05) is 5.32 Å². The molecule has 0 aliphatic heterocycles. The van der Waals surface area contributed by atoms with Crippen LogP contribution >= 0.6 is 11.8 Å². The topological polar surface area (TPSA) is 85.1 Å². The van der Waals surface area contributed by atoms with Crippen LogP contribution in [0.4, 0.5) is 11.4 Å². The van der Waals surface area contributed by atoms with Crippen molar-refractivity contribution in [3.05, 3.63) is 70.8 Å². The summed E-state index contributed by atoms with van der Waals surface area (Å²) in [5.41, 5.74) is 1.21. The van der Waals surface area contributed by atoms with Gasteiger partial charge in [-0.05, 0) is 25.1 Å². The molecule has 1 atom stereocenters. The van der Waals surface area contributed by atoms with Crippen molar-refractivity contribution in [1.82, 2.24) is 4.98 Å². The molecule has 25 heavy (non-hydrogen) atoms. The second kappa shape index (κ2) is 7.31. The summed E-state index contributed by atoms with van der Waals surface area (Å²) in [7, 11) is 0. The van der Waals surface area contributed by atoms with Gasteiger partial charge in [0.1, 0.15) is 0 Å². The third-order valence-electron chi connectivity index (χ3n) is 3.56. The Hall–Kier alpha value is -2.93. The highest BCUT2D eigenvalue weighted by Gasteiger charge is 2.16. The molecule has 0 saturated carbocycles. The standard InChI is InChI=1S/C18H15N3O3S/c1-12(18(22)19-14-6-4-7-15(11-14)21(23)24)25-17-10-9-13-5-2-3-8-16(13)20-17/h2-12H,1H3,(H,19,22). The molecule has 0 bridgehead atoms. The number of nitro benzene ring substituents is 1. The quantitative estimate of drug-likeness (QED) is 0.421. The SMILES string of the molecule is CC(Sc1ccc2ccccc2n1)C(=O)Nc1cccc([N+](=O)[O-])c1. The van der Waals surface area contributed by atoms with Gasteiger partial charge in [-0.25, -0.2) is 4.98 Å². The highest BCUT2D eigenvalue weighted by atomic mass is 32.2. The lowest BCUT2D eigenvalue weighted by Crippen LogP contribution is -2.22. The molecule has 126 valence electrons. The van der Waals surface area contributed by atoms with Gasteiger partial charge in [0, 0.05) is 23.2 Å². The average molecular weight is 353 g/mol. The van der Waals surface area contributed by atoms with E-state index in [0.29, 0.717) is 5.69 Å². The number of carbonyl (C=O) groups excluding carboxylic acids is 1. The van der Waals surface area contributed by atoms with Crippen molar-refractivity contribution < 1.29 is 9.72 Å². The van der Waals surface area contributed by atoms with Crippen molar-refractivity contribution >= 4 is 39.9 Å². The number of benzene rings is 2. The minimum Gasteiger partial charge on any atom is -0.325 e. The first-order valence-corrected chi connectivity index (χ1v) is 8.48. The van der Waals surface area contributed by atoms with Crippen LogP contribution < -0.4 is 5.32 Å². The van der Waals surface area contributed by atoms with Crippen molar-refractivity contribution in [1.29, 1.82) is 0 Å². The number of hydrogen-bond donors (Lipinski definition) is 1. The zero-order valence-corrected chi connectivity index (χ0v) is 14.2. The Morgan fingerprint density at radius 2 is 1.96 bits per heavy atom. The molecule has 1 unspecified atom stereocenters. The van der Waals surface area contributed by atoms with Crippen LogP contribution in [0.2, 0.25) is 0 Å². The number of hydrogen-bond acceptors (Lipinski definition) is 5. The van der Waals surface area contributed by atoms with Crippen molar-refractivity contribution in [2.24, 2.45) is 0 Å². The van der Waals surface area contributed by atoms with Gasteiger partial charge in [0.25, 0.3) is 5.69 Å².